The third-order valence-electron chi connectivity index (χ3n) is 3.15. The highest BCUT2D eigenvalue weighted by Gasteiger charge is 2.38. The van der Waals surface area contributed by atoms with Gasteiger partial charge < -0.3 is 18.6 Å². The number of methoxy groups -OCH3 is 1. The number of ether oxygens (including phenoxy) is 1. The van der Waals surface area contributed by atoms with E-state index in [0.717, 1.165) is 5.46 Å². The lowest BCUT2D eigenvalue weighted by Crippen LogP contribution is -2.34. The fourth-order valence-corrected chi connectivity index (χ4v) is 2.15. The topological polar surface area (TPSA) is 70.8 Å². The van der Waals surface area contributed by atoms with Gasteiger partial charge in [0.25, 0.3) is 5.76 Å². The number of hydrogen-bond acceptors (Lipinski definition) is 6. The molecule has 1 aliphatic heterocycles. The normalized spacial score (nSPS) is 17.6. The average molecular weight is 275 g/mol. The lowest BCUT2D eigenvalue weighted by molar-refractivity contribution is 0.0558. The van der Waals surface area contributed by atoms with E-state index in [1.165, 1.54) is 7.11 Å². The summed E-state index contributed by atoms with van der Waals surface area (Å²) in [6, 6.07) is 5.38. The van der Waals surface area contributed by atoms with Crippen LogP contribution in [0.1, 0.15) is 24.4 Å². The third-order valence-corrected chi connectivity index (χ3v) is 3.15. The molecule has 0 saturated carbocycles. The highest BCUT2D eigenvalue weighted by Crippen LogP contribution is 2.22. The van der Waals surface area contributed by atoms with E-state index in [1.54, 1.807) is 12.1 Å². The molecule has 0 aliphatic carbocycles. The van der Waals surface area contributed by atoms with Crippen LogP contribution in [-0.4, -0.2) is 37.6 Å². The number of benzene rings is 1. The van der Waals surface area contributed by atoms with Crippen molar-refractivity contribution in [2.45, 2.75) is 19.4 Å². The van der Waals surface area contributed by atoms with Crippen LogP contribution in [0, 0.1) is 0 Å². The predicted molar refractivity (Wildman–Crippen MR) is 71.9 cm³/mol. The molecular weight excluding hydrogens is 261 g/mol. The van der Waals surface area contributed by atoms with E-state index in [9.17, 15) is 4.79 Å². The molecule has 1 aliphatic rings. The molecule has 20 heavy (non-hydrogen) atoms. The minimum Gasteiger partial charge on any atom is -0.463 e. The average Bonchev–Trinajstić information content (AvgIpc) is 3.00. The molecule has 6 nitrogen and oxygen atoms in total. The molecule has 0 amide bonds. The lowest BCUT2D eigenvalue weighted by Gasteiger charge is -2.15. The van der Waals surface area contributed by atoms with Gasteiger partial charge in [-0.3, -0.25) is 0 Å². The minimum atomic E-state index is -0.547. The van der Waals surface area contributed by atoms with Crippen LogP contribution < -0.4 is 5.46 Å². The van der Waals surface area contributed by atoms with Crippen molar-refractivity contribution in [1.82, 2.24) is 5.16 Å². The molecule has 0 spiro atoms. The summed E-state index contributed by atoms with van der Waals surface area (Å²) in [5.74, 6) is -0.447. The molecule has 2 aromatic rings. The van der Waals surface area contributed by atoms with Gasteiger partial charge in [0.2, 0.25) is 0 Å². The molecule has 1 saturated heterocycles. The Labute approximate surface area is 116 Å². The van der Waals surface area contributed by atoms with Crippen molar-refractivity contribution in [3.63, 3.8) is 0 Å². The largest absolute Gasteiger partial charge is 0.494 e. The van der Waals surface area contributed by atoms with Crippen LogP contribution in [0.4, 0.5) is 0 Å². The van der Waals surface area contributed by atoms with Gasteiger partial charge in [0.05, 0.1) is 24.7 Å². The second-order valence-electron chi connectivity index (χ2n) is 5.30. The summed E-state index contributed by atoms with van der Waals surface area (Å²) >= 11 is 0. The fourth-order valence-electron chi connectivity index (χ4n) is 2.15. The van der Waals surface area contributed by atoms with Crippen molar-refractivity contribution in [3.05, 3.63) is 24.0 Å². The van der Waals surface area contributed by atoms with Crippen LogP contribution in [-0.2, 0) is 14.0 Å². The molecule has 1 fully saturated rings. The van der Waals surface area contributed by atoms with Crippen LogP contribution in [0.3, 0.4) is 0 Å². The van der Waals surface area contributed by atoms with Gasteiger partial charge in [-0.25, -0.2) is 4.79 Å². The molecule has 7 heteroatoms. The zero-order valence-electron chi connectivity index (χ0n) is 11.5. The quantitative estimate of drug-likeness (QED) is 0.604. The van der Waals surface area contributed by atoms with Crippen LogP contribution >= 0.6 is 0 Å². The molecule has 0 radical (unpaired) electrons. The molecule has 1 aromatic carbocycles. The van der Waals surface area contributed by atoms with Crippen LogP contribution in [0.25, 0.3) is 10.9 Å². The Balaban J connectivity index is 1.95. The van der Waals surface area contributed by atoms with Gasteiger partial charge >= 0.3 is 13.1 Å². The van der Waals surface area contributed by atoms with Crippen molar-refractivity contribution in [3.8, 4) is 0 Å². The van der Waals surface area contributed by atoms with E-state index in [4.69, 9.17) is 13.8 Å². The summed E-state index contributed by atoms with van der Waals surface area (Å²) in [4.78, 5) is 11.5. The SMILES string of the molecule is COC(=O)c1onc2cc(B3OCC(C)(C)O3)ccc12. The molecule has 1 aromatic heterocycles. The van der Waals surface area contributed by atoms with Gasteiger partial charge in [-0.2, -0.15) is 0 Å². The van der Waals surface area contributed by atoms with E-state index < -0.39 is 13.1 Å². The molecule has 0 unspecified atom stereocenters. The highest BCUT2D eigenvalue weighted by atomic mass is 16.7. The number of nitrogens with zero attached hydrogens (tertiary/aromatic N) is 1. The lowest BCUT2D eigenvalue weighted by atomic mass is 9.79. The molecular formula is C13H14BNO5. The maximum Gasteiger partial charge on any atom is 0.494 e. The number of hydrogen-bond donors (Lipinski definition) is 0. The van der Waals surface area contributed by atoms with Gasteiger partial charge in [-0.15, -0.1) is 0 Å². The van der Waals surface area contributed by atoms with Crippen molar-refractivity contribution < 1.29 is 23.4 Å². The van der Waals surface area contributed by atoms with E-state index >= 15 is 0 Å². The third kappa shape index (κ3) is 2.19. The zero-order chi connectivity index (χ0) is 14.3. The Hall–Kier alpha value is -1.86. The summed E-state index contributed by atoms with van der Waals surface area (Å²) in [6.45, 7) is 4.47. The van der Waals surface area contributed by atoms with Gasteiger partial charge in [0, 0.05) is 0 Å². The number of fused-ring (bicyclic) bond motifs is 1. The van der Waals surface area contributed by atoms with E-state index in [-0.39, 0.29) is 11.4 Å². The first-order chi connectivity index (χ1) is 9.50. The number of rotatable bonds is 2. The Morgan fingerprint density at radius 3 is 2.90 bits per heavy atom. The molecule has 2 heterocycles. The first-order valence-electron chi connectivity index (χ1n) is 6.27. The van der Waals surface area contributed by atoms with Crippen LogP contribution in [0.2, 0.25) is 0 Å². The Bertz CT molecular complexity index is 666. The number of esters is 1. The number of carbonyl (C=O) groups excluding carboxylic acids is 1. The summed E-state index contributed by atoms with van der Waals surface area (Å²) in [5, 5.41) is 4.48. The summed E-state index contributed by atoms with van der Waals surface area (Å²) < 4.78 is 21.1. The van der Waals surface area contributed by atoms with Gasteiger partial charge in [0.15, 0.2) is 0 Å². The first-order valence-corrected chi connectivity index (χ1v) is 6.27. The summed E-state index contributed by atoms with van der Waals surface area (Å²) in [6.07, 6.45) is 0. The van der Waals surface area contributed by atoms with Gasteiger partial charge in [-0.1, -0.05) is 11.2 Å². The maximum absolute atomic E-state index is 11.5. The number of carbonyl (C=O) groups is 1. The molecule has 0 atom stereocenters. The molecule has 0 bridgehead atoms. The standard InChI is InChI=1S/C13H14BNO5/c1-13(2)7-18-14(20-13)8-4-5-9-10(6-8)15-19-11(9)12(16)17-3/h4-6H,7H2,1-3H3. The monoisotopic (exact) mass is 275 g/mol. The minimum absolute atomic E-state index is 0.0997. The molecule has 3 rings (SSSR count). The Kier molecular flexibility index (Phi) is 3.03. The summed E-state index contributed by atoms with van der Waals surface area (Å²) in [5.41, 5.74) is 1.10. The van der Waals surface area contributed by atoms with Crippen molar-refractivity contribution in [2.75, 3.05) is 13.7 Å². The summed E-state index contributed by atoms with van der Waals surface area (Å²) in [7, 11) is 0.876. The Morgan fingerprint density at radius 1 is 1.45 bits per heavy atom. The maximum atomic E-state index is 11.5. The predicted octanol–water partition coefficient (Wildman–Crippen LogP) is 1.13. The van der Waals surface area contributed by atoms with Gasteiger partial charge in [-0.05, 0) is 31.4 Å². The van der Waals surface area contributed by atoms with Crippen LogP contribution in [0.5, 0.6) is 0 Å². The van der Waals surface area contributed by atoms with E-state index in [2.05, 4.69) is 9.89 Å². The van der Waals surface area contributed by atoms with Crippen molar-refractivity contribution in [1.29, 1.82) is 0 Å². The second-order valence-corrected chi connectivity index (χ2v) is 5.30. The van der Waals surface area contributed by atoms with E-state index in [1.807, 2.05) is 19.9 Å². The van der Waals surface area contributed by atoms with Crippen molar-refractivity contribution in [2.24, 2.45) is 0 Å². The van der Waals surface area contributed by atoms with E-state index in [0.29, 0.717) is 17.5 Å². The molecule has 0 N–H and O–H groups in total. The number of aromatic nitrogens is 1. The van der Waals surface area contributed by atoms with Gasteiger partial charge in [0.1, 0.15) is 5.52 Å². The first kappa shape index (κ1) is 13.1. The van der Waals surface area contributed by atoms with Crippen molar-refractivity contribution >= 4 is 29.5 Å². The zero-order valence-corrected chi connectivity index (χ0v) is 11.5. The second kappa shape index (κ2) is 4.61. The Morgan fingerprint density at radius 2 is 2.25 bits per heavy atom. The molecule has 104 valence electrons. The smallest absolute Gasteiger partial charge is 0.463 e. The highest BCUT2D eigenvalue weighted by molar-refractivity contribution is 6.62. The van der Waals surface area contributed by atoms with Crippen LogP contribution in [0.15, 0.2) is 22.7 Å². The fraction of sp³-hybridized carbons (Fsp3) is 0.385.